The number of hydrogen-bond donors (Lipinski definition) is 3. The lowest BCUT2D eigenvalue weighted by atomic mass is 10.2. The molecule has 0 bridgehead atoms. The van der Waals surface area contributed by atoms with E-state index in [1.165, 1.54) is 6.07 Å². The van der Waals surface area contributed by atoms with Crippen molar-refractivity contribution in [3.8, 4) is 17.1 Å². The van der Waals surface area contributed by atoms with E-state index in [9.17, 15) is 5.11 Å². The van der Waals surface area contributed by atoms with Crippen molar-refractivity contribution in [1.29, 1.82) is 0 Å². The van der Waals surface area contributed by atoms with Crippen LogP contribution in [-0.2, 0) is 0 Å². The average molecular weight is 304 g/mol. The Morgan fingerprint density at radius 2 is 2.00 bits per heavy atom. The lowest BCUT2D eigenvalue weighted by Crippen LogP contribution is -1.86. The monoisotopic (exact) mass is 303 g/mol. The molecular formula is C13H10BrN3O. The molecule has 4 N–H and O–H groups in total. The van der Waals surface area contributed by atoms with E-state index < -0.39 is 0 Å². The van der Waals surface area contributed by atoms with Crippen molar-refractivity contribution in [2.75, 3.05) is 5.73 Å². The number of nitrogens with two attached hydrogens (primary N) is 1. The number of aromatic hydroxyl groups is 1. The zero-order valence-corrected chi connectivity index (χ0v) is 10.9. The number of halogens is 1. The number of nitrogens with one attached hydrogen (secondary N) is 1. The second-order valence-electron chi connectivity index (χ2n) is 4.02. The van der Waals surface area contributed by atoms with Crippen LogP contribution in [0.5, 0.6) is 5.75 Å². The molecule has 3 aromatic rings. The van der Waals surface area contributed by atoms with Gasteiger partial charge in [0.15, 0.2) is 0 Å². The maximum absolute atomic E-state index is 9.88. The molecule has 0 fully saturated rings. The van der Waals surface area contributed by atoms with Crippen LogP contribution < -0.4 is 5.73 Å². The van der Waals surface area contributed by atoms with Gasteiger partial charge in [-0.15, -0.1) is 0 Å². The summed E-state index contributed by atoms with van der Waals surface area (Å²) in [6.45, 7) is 0. The Morgan fingerprint density at radius 1 is 1.17 bits per heavy atom. The summed E-state index contributed by atoms with van der Waals surface area (Å²) in [6, 6.07) is 10.8. The van der Waals surface area contributed by atoms with Crippen LogP contribution in [0.25, 0.3) is 22.4 Å². The summed E-state index contributed by atoms with van der Waals surface area (Å²) in [5, 5.41) is 9.88. The molecule has 90 valence electrons. The lowest BCUT2D eigenvalue weighted by molar-refractivity contribution is 0.477. The maximum Gasteiger partial charge on any atom is 0.142 e. The van der Waals surface area contributed by atoms with Gasteiger partial charge in [-0.3, -0.25) is 0 Å². The van der Waals surface area contributed by atoms with Crippen LogP contribution in [0, 0.1) is 0 Å². The molecule has 0 amide bonds. The van der Waals surface area contributed by atoms with Gasteiger partial charge in [0.05, 0.1) is 16.6 Å². The number of aromatic amines is 1. The van der Waals surface area contributed by atoms with Crippen molar-refractivity contribution in [2.45, 2.75) is 0 Å². The summed E-state index contributed by atoms with van der Waals surface area (Å²) in [5.74, 6) is 0.744. The summed E-state index contributed by atoms with van der Waals surface area (Å²) in [4.78, 5) is 7.61. The number of phenols is 1. The van der Waals surface area contributed by atoms with Crippen molar-refractivity contribution < 1.29 is 5.11 Å². The Morgan fingerprint density at radius 3 is 2.78 bits per heavy atom. The third kappa shape index (κ3) is 1.82. The van der Waals surface area contributed by atoms with Gasteiger partial charge in [-0.25, -0.2) is 4.98 Å². The highest BCUT2D eigenvalue weighted by Gasteiger charge is 2.09. The van der Waals surface area contributed by atoms with Gasteiger partial charge in [-0.05, 0) is 30.3 Å². The number of rotatable bonds is 1. The number of benzene rings is 2. The molecule has 0 radical (unpaired) electrons. The molecule has 0 unspecified atom stereocenters. The normalized spacial score (nSPS) is 10.9. The van der Waals surface area contributed by atoms with Gasteiger partial charge in [-0.1, -0.05) is 15.9 Å². The highest BCUT2D eigenvalue weighted by Crippen LogP contribution is 2.30. The number of aromatic nitrogens is 2. The first-order valence-electron chi connectivity index (χ1n) is 5.37. The van der Waals surface area contributed by atoms with Crippen molar-refractivity contribution in [3.63, 3.8) is 0 Å². The van der Waals surface area contributed by atoms with Crippen LogP contribution in [0.4, 0.5) is 5.69 Å². The number of fused-ring (bicyclic) bond motifs is 1. The molecule has 0 spiro atoms. The van der Waals surface area contributed by atoms with Crippen molar-refractivity contribution in [2.24, 2.45) is 0 Å². The predicted molar refractivity (Wildman–Crippen MR) is 75.3 cm³/mol. The van der Waals surface area contributed by atoms with E-state index in [2.05, 4.69) is 25.9 Å². The highest BCUT2D eigenvalue weighted by atomic mass is 79.9. The second kappa shape index (κ2) is 4.03. The van der Waals surface area contributed by atoms with Crippen LogP contribution in [0.2, 0.25) is 0 Å². The Balaban J connectivity index is 2.19. The molecule has 1 aromatic heterocycles. The Labute approximate surface area is 112 Å². The summed E-state index contributed by atoms with van der Waals surface area (Å²) in [6.07, 6.45) is 0. The number of hydrogen-bond acceptors (Lipinski definition) is 3. The van der Waals surface area contributed by atoms with E-state index in [4.69, 9.17) is 5.73 Å². The topological polar surface area (TPSA) is 74.9 Å². The molecule has 0 atom stereocenters. The summed E-state index contributed by atoms with van der Waals surface area (Å²) < 4.78 is 0.978. The quantitative estimate of drug-likeness (QED) is 0.604. The maximum atomic E-state index is 9.88. The second-order valence-corrected chi connectivity index (χ2v) is 4.94. The third-order valence-corrected chi connectivity index (χ3v) is 3.21. The first-order valence-corrected chi connectivity index (χ1v) is 6.17. The summed E-state index contributed by atoms with van der Waals surface area (Å²) in [7, 11) is 0. The average Bonchev–Trinajstić information content (AvgIpc) is 2.71. The van der Waals surface area contributed by atoms with E-state index in [1.54, 1.807) is 12.1 Å². The van der Waals surface area contributed by atoms with Crippen LogP contribution in [0.3, 0.4) is 0 Å². The van der Waals surface area contributed by atoms with Gasteiger partial charge in [-0.2, -0.15) is 0 Å². The van der Waals surface area contributed by atoms with E-state index in [-0.39, 0.29) is 5.75 Å². The van der Waals surface area contributed by atoms with Gasteiger partial charge in [0, 0.05) is 16.2 Å². The van der Waals surface area contributed by atoms with Crippen LogP contribution in [0.15, 0.2) is 40.9 Å². The molecule has 2 aromatic carbocycles. The Hall–Kier alpha value is -2.01. The van der Waals surface area contributed by atoms with Gasteiger partial charge in [0.25, 0.3) is 0 Å². The minimum absolute atomic E-state index is 0.119. The van der Waals surface area contributed by atoms with Gasteiger partial charge in [0.1, 0.15) is 11.6 Å². The van der Waals surface area contributed by atoms with E-state index in [0.717, 1.165) is 15.5 Å². The molecule has 3 rings (SSSR count). The minimum Gasteiger partial charge on any atom is -0.507 e. The number of imidazole rings is 1. The number of phenolic OH excluding ortho intramolecular Hbond substituents is 1. The molecule has 0 saturated carbocycles. The van der Waals surface area contributed by atoms with Gasteiger partial charge >= 0.3 is 0 Å². The molecule has 0 aliphatic carbocycles. The number of nitrogen functional groups attached to an aromatic ring is 1. The molecule has 5 heteroatoms. The Kier molecular flexibility index (Phi) is 2.48. The molecule has 18 heavy (non-hydrogen) atoms. The van der Waals surface area contributed by atoms with Gasteiger partial charge < -0.3 is 15.8 Å². The van der Waals surface area contributed by atoms with E-state index in [0.29, 0.717) is 17.1 Å². The fourth-order valence-corrected chi connectivity index (χ4v) is 2.22. The molecule has 4 nitrogen and oxygen atoms in total. The number of anilines is 1. The Bertz CT molecular complexity index is 736. The van der Waals surface area contributed by atoms with Crippen LogP contribution >= 0.6 is 15.9 Å². The zero-order chi connectivity index (χ0) is 12.7. The largest absolute Gasteiger partial charge is 0.507 e. The fraction of sp³-hybridized carbons (Fsp3) is 0. The number of H-pyrrole nitrogens is 1. The predicted octanol–water partition coefficient (Wildman–Crippen LogP) is 3.28. The molecular weight excluding hydrogens is 294 g/mol. The first-order chi connectivity index (χ1) is 8.63. The smallest absolute Gasteiger partial charge is 0.142 e. The molecule has 0 aliphatic heterocycles. The summed E-state index contributed by atoms with van der Waals surface area (Å²) >= 11 is 3.41. The fourth-order valence-electron chi connectivity index (χ4n) is 1.86. The summed E-state index contributed by atoms with van der Waals surface area (Å²) in [5.41, 5.74) is 8.53. The molecule has 0 aliphatic rings. The van der Waals surface area contributed by atoms with Crippen molar-refractivity contribution >= 4 is 32.7 Å². The standard InChI is InChI=1S/C13H10BrN3O/c14-7-1-4-10-11(5-7)17-13(16-10)9-3-2-8(15)6-12(9)18/h1-6,18H,15H2,(H,16,17). The van der Waals surface area contributed by atoms with Gasteiger partial charge in [0.2, 0.25) is 0 Å². The zero-order valence-electron chi connectivity index (χ0n) is 9.31. The van der Waals surface area contributed by atoms with E-state index >= 15 is 0 Å². The molecule has 1 heterocycles. The highest BCUT2D eigenvalue weighted by molar-refractivity contribution is 9.10. The SMILES string of the molecule is Nc1ccc(-c2nc3ccc(Br)cc3[nH]2)c(O)c1. The lowest BCUT2D eigenvalue weighted by Gasteiger charge is -2.01. The van der Waals surface area contributed by atoms with Crippen molar-refractivity contribution in [1.82, 2.24) is 9.97 Å². The minimum atomic E-state index is 0.119. The van der Waals surface area contributed by atoms with E-state index in [1.807, 2.05) is 18.2 Å². The van der Waals surface area contributed by atoms with Crippen molar-refractivity contribution in [3.05, 3.63) is 40.9 Å². The number of nitrogens with zero attached hydrogens (tertiary/aromatic N) is 1. The van der Waals surface area contributed by atoms with Crippen LogP contribution in [0.1, 0.15) is 0 Å². The molecule has 0 saturated heterocycles. The van der Waals surface area contributed by atoms with Crippen LogP contribution in [-0.4, -0.2) is 15.1 Å². The third-order valence-electron chi connectivity index (χ3n) is 2.72. The first kappa shape index (κ1) is 11.1.